The summed E-state index contributed by atoms with van der Waals surface area (Å²) < 4.78 is 41.7. The Morgan fingerprint density at radius 2 is 1.72 bits per heavy atom. The third-order valence-corrected chi connectivity index (χ3v) is 10.9. The molecule has 1 amide bonds. The molecule has 0 spiro atoms. The standard InChI is InChI=1S/C38H38N6O5S/c1-41(2)26-37(45)43-17-15-31(25-43)49-36-13-10-28(22-29(36)24-39)33-14-16-40-38-34(33)23-35(44(38)50(46,47)32-6-4-3-5-7-32)27-8-11-30(12-9-27)42-18-20-48-21-19-42/h3-14,16,22-23,31H,15,17-21,25-26H2,1-2H3. The Morgan fingerprint density at radius 1 is 0.980 bits per heavy atom. The van der Waals surface area contributed by atoms with Crippen molar-refractivity contribution in [2.45, 2.75) is 17.4 Å². The van der Waals surface area contributed by atoms with Crippen LogP contribution in [-0.2, 0) is 19.6 Å². The topological polar surface area (TPSA) is 121 Å². The van der Waals surface area contributed by atoms with E-state index in [1.54, 1.807) is 53.6 Å². The number of nitrogens with zero attached hydrogens (tertiary/aromatic N) is 6. The van der Waals surface area contributed by atoms with Gasteiger partial charge >= 0.3 is 0 Å². The summed E-state index contributed by atoms with van der Waals surface area (Å²) in [6.07, 6.45) is 2.05. The number of morpholine rings is 1. The van der Waals surface area contributed by atoms with E-state index in [1.165, 1.54) is 3.97 Å². The predicted molar refractivity (Wildman–Crippen MR) is 192 cm³/mol. The molecule has 0 N–H and O–H groups in total. The fraction of sp³-hybridized carbons (Fsp3) is 0.289. The minimum atomic E-state index is -4.06. The fourth-order valence-electron chi connectivity index (χ4n) is 6.62. The maximum atomic E-state index is 14.3. The van der Waals surface area contributed by atoms with E-state index in [4.69, 9.17) is 9.47 Å². The second kappa shape index (κ2) is 14.0. The van der Waals surface area contributed by atoms with Crippen LogP contribution in [0.5, 0.6) is 5.75 Å². The zero-order valence-corrected chi connectivity index (χ0v) is 28.8. The SMILES string of the molecule is CN(C)CC(=O)N1CCC(Oc2ccc(-c3ccnc4c3cc(-c3ccc(N5CCOCC5)cc3)n4S(=O)(=O)c3ccccc3)cc2C#N)C1. The molecule has 7 rings (SSSR count). The highest BCUT2D eigenvalue weighted by Gasteiger charge is 2.29. The Bertz CT molecular complexity index is 2170. The van der Waals surface area contributed by atoms with Crippen LogP contribution in [0.2, 0.25) is 0 Å². The Hall–Kier alpha value is -5.22. The van der Waals surface area contributed by atoms with Gasteiger partial charge in [-0.3, -0.25) is 4.79 Å². The third-order valence-electron chi connectivity index (χ3n) is 9.14. The van der Waals surface area contributed by atoms with Gasteiger partial charge < -0.3 is 24.2 Å². The highest BCUT2D eigenvalue weighted by Crippen LogP contribution is 2.38. The fourth-order valence-corrected chi connectivity index (χ4v) is 8.12. The van der Waals surface area contributed by atoms with Crippen LogP contribution in [0.15, 0.2) is 96.0 Å². The number of hydrogen-bond acceptors (Lipinski definition) is 9. The molecule has 3 aromatic carbocycles. The van der Waals surface area contributed by atoms with Gasteiger partial charge in [0.2, 0.25) is 5.91 Å². The minimum absolute atomic E-state index is 0.0484. The van der Waals surface area contributed by atoms with Crippen LogP contribution in [0.25, 0.3) is 33.4 Å². The molecule has 12 heteroatoms. The molecule has 0 saturated carbocycles. The van der Waals surface area contributed by atoms with Gasteiger partial charge in [0.1, 0.15) is 17.9 Å². The van der Waals surface area contributed by atoms with Crippen LogP contribution in [0.3, 0.4) is 0 Å². The van der Waals surface area contributed by atoms with E-state index in [2.05, 4.69) is 16.0 Å². The summed E-state index contributed by atoms with van der Waals surface area (Å²) in [5.41, 5.74) is 4.33. The molecule has 2 aliphatic rings. The van der Waals surface area contributed by atoms with E-state index in [0.717, 1.165) is 35.5 Å². The molecule has 0 radical (unpaired) electrons. The van der Waals surface area contributed by atoms with Crippen molar-refractivity contribution in [1.29, 1.82) is 5.26 Å². The van der Waals surface area contributed by atoms with Gasteiger partial charge in [-0.2, -0.15) is 5.26 Å². The van der Waals surface area contributed by atoms with E-state index in [9.17, 15) is 18.5 Å². The normalized spacial score (nSPS) is 16.6. The smallest absolute Gasteiger partial charge is 0.269 e. The zero-order valence-electron chi connectivity index (χ0n) is 28.0. The van der Waals surface area contributed by atoms with E-state index in [-0.39, 0.29) is 22.6 Å². The van der Waals surface area contributed by atoms with Crippen LogP contribution in [0.1, 0.15) is 12.0 Å². The van der Waals surface area contributed by atoms with Crippen LogP contribution in [0, 0.1) is 11.3 Å². The highest BCUT2D eigenvalue weighted by molar-refractivity contribution is 7.90. The number of pyridine rings is 1. The molecule has 2 saturated heterocycles. The molecule has 2 aromatic heterocycles. The first-order valence-corrected chi connectivity index (χ1v) is 18.0. The molecular weight excluding hydrogens is 653 g/mol. The van der Waals surface area contributed by atoms with Gasteiger partial charge in [0.15, 0.2) is 5.65 Å². The number of likely N-dealkylation sites (N-methyl/N-ethyl adjacent to an activating group) is 1. The van der Waals surface area contributed by atoms with Gasteiger partial charge in [-0.1, -0.05) is 36.4 Å². The van der Waals surface area contributed by atoms with Crippen LogP contribution < -0.4 is 9.64 Å². The van der Waals surface area contributed by atoms with Crippen molar-refractivity contribution >= 4 is 32.7 Å². The highest BCUT2D eigenvalue weighted by atomic mass is 32.2. The number of carbonyl (C=O) groups is 1. The molecule has 5 aromatic rings. The number of ether oxygens (including phenoxy) is 2. The Balaban J connectivity index is 1.26. The zero-order chi connectivity index (χ0) is 34.8. The molecule has 50 heavy (non-hydrogen) atoms. The Morgan fingerprint density at radius 3 is 2.44 bits per heavy atom. The number of rotatable bonds is 9. The van der Waals surface area contributed by atoms with Gasteiger partial charge in [0.25, 0.3) is 10.0 Å². The largest absolute Gasteiger partial charge is 0.487 e. The Kier molecular flexibility index (Phi) is 9.29. The lowest BCUT2D eigenvalue weighted by Crippen LogP contribution is -2.37. The summed E-state index contributed by atoms with van der Waals surface area (Å²) in [5.74, 6) is 0.492. The van der Waals surface area contributed by atoms with Gasteiger partial charge in [-0.05, 0) is 79.3 Å². The maximum absolute atomic E-state index is 14.3. The first-order chi connectivity index (χ1) is 24.2. The lowest BCUT2D eigenvalue weighted by Gasteiger charge is -2.28. The summed E-state index contributed by atoms with van der Waals surface area (Å²) in [7, 11) is -0.332. The number of hydrogen-bond donors (Lipinski definition) is 0. The molecule has 1 unspecified atom stereocenters. The molecule has 256 valence electrons. The van der Waals surface area contributed by atoms with Crippen molar-refractivity contribution in [1.82, 2.24) is 18.8 Å². The van der Waals surface area contributed by atoms with Gasteiger partial charge in [0, 0.05) is 43.3 Å². The van der Waals surface area contributed by atoms with Crippen molar-refractivity contribution in [2.24, 2.45) is 0 Å². The van der Waals surface area contributed by atoms with Gasteiger partial charge in [-0.25, -0.2) is 17.4 Å². The summed E-state index contributed by atoms with van der Waals surface area (Å²) in [6.45, 7) is 4.31. The number of likely N-dealkylation sites (tertiary alicyclic amines) is 1. The maximum Gasteiger partial charge on any atom is 0.269 e. The molecule has 4 heterocycles. The van der Waals surface area contributed by atoms with E-state index in [0.29, 0.717) is 61.7 Å². The van der Waals surface area contributed by atoms with Crippen molar-refractivity contribution in [3.05, 3.63) is 96.7 Å². The molecule has 11 nitrogen and oxygen atoms in total. The van der Waals surface area contributed by atoms with Crippen LogP contribution in [0.4, 0.5) is 5.69 Å². The first kappa shape index (κ1) is 33.3. The summed E-state index contributed by atoms with van der Waals surface area (Å²) in [4.78, 5) is 23.2. The molecule has 0 aliphatic carbocycles. The van der Waals surface area contributed by atoms with Crippen LogP contribution in [-0.4, -0.2) is 99.2 Å². The third kappa shape index (κ3) is 6.55. The second-order valence-corrected chi connectivity index (χ2v) is 14.6. The van der Waals surface area contributed by atoms with Crippen LogP contribution >= 0.6 is 0 Å². The average Bonchev–Trinajstić information content (AvgIpc) is 3.78. The number of carbonyl (C=O) groups excluding carboxylic acids is 1. The Labute approximate surface area is 291 Å². The molecule has 0 bridgehead atoms. The van der Waals surface area contributed by atoms with Crippen molar-refractivity contribution in [3.63, 3.8) is 0 Å². The lowest BCUT2D eigenvalue weighted by atomic mass is 10.0. The van der Waals surface area contributed by atoms with Gasteiger partial charge in [-0.15, -0.1) is 0 Å². The number of nitriles is 1. The number of anilines is 1. The number of amides is 1. The van der Waals surface area contributed by atoms with E-state index < -0.39 is 10.0 Å². The molecular formula is C38H38N6O5S. The van der Waals surface area contributed by atoms with Crippen molar-refractivity contribution in [3.8, 4) is 34.2 Å². The van der Waals surface area contributed by atoms with E-state index >= 15 is 0 Å². The first-order valence-electron chi connectivity index (χ1n) is 16.6. The quantitative estimate of drug-likeness (QED) is 0.214. The predicted octanol–water partition coefficient (Wildman–Crippen LogP) is 4.86. The van der Waals surface area contributed by atoms with Crippen molar-refractivity contribution in [2.75, 3.05) is 64.9 Å². The molecule has 2 aliphatic heterocycles. The number of fused-ring (bicyclic) bond motifs is 1. The summed E-state index contributed by atoms with van der Waals surface area (Å²) in [5, 5.41) is 10.8. The van der Waals surface area contributed by atoms with Crippen molar-refractivity contribution < 1.29 is 22.7 Å². The number of aromatic nitrogens is 2. The minimum Gasteiger partial charge on any atom is -0.487 e. The van der Waals surface area contributed by atoms with Gasteiger partial charge in [0.05, 0.1) is 42.5 Å². The van der Waals surface area contributed by atoms with E-state index in [1.807, 2.05) is 61.5 Å². The summed E-state index contributed by atoms with van der Waals surface area (Å²) >= 11 is 0. The second-order valence-electron chi connectivity index (χ2n) is 12.8. The average molecular weight is 691 g/mol. The molecule has 1 atom stereocenters. The summed E-state index contributed by atoms with van der Waals surface area (Å²) in [6, 6.07) is 27.6. The monoisotopic (exact) mass is 690 g/mol. The molecule has 2 fully saturated rings. The lowest BCUT2D eigenvalue weighted by molar-refractivity contribution is -0.131. The number of benzene rings is 3.